The summed E-state index contributed by atoms with van der Waals surface area (Å²) in [6, 6.07) is 18.1. The van der Waals surface area contributed by atoms with Gasteiger partial charge < -0.3 is 4.90 Å². The molecule has 0 saturated heterocycles. The quantitative estimate of drug-likeness (QED) is 0.796. The van der Waals surface area contributed by atoms with E-state index in [1.165, 1.54) is 5.56 Å². The number of nitrogens with zero attached hydrogens (tertiary/aromatic N) is 1. The van der Waals surface area contributed by atoms with Crippen LogP contribution in [0.5, 0.6) is 0 Å². The van der Waals surface area contributed by atoms with Gasteiger partial charge in [-0.25, -0.2) is 0 Å². The molecule has 0 saturated carbocycles. The maximum atomic E-state index is 12.6. The molecule has 0 unspecified atom stereocenters. The lowest BCUT2D eigenvalue weighted by Crippen LogP contribution is -2.30. The molecule has 2 rings (SSSR count). The fraction of sp³-hybridized carbons (Fsp3) is 0.278. The fourth-order valence-electron chi connectivity index (χ4n) is 2.22. The number of rotatable bonds is 6. The van der Waals surface area contributed by atoms with Crippen LogP contribution < -0.4 is 0 Å². The first kappa shape index (κ1) is 15.6. The first-order valence-corrected chi connectivity index (χ1v) is 8.55. The molecule has 2 nitrogen and oxygen atoms in total. The lowest BCUT2D eigenvalue weighted by atomic mass is 10.1. The minimum atomic E-state index is 0.0945. The normalized spacial score (nSPS) is 10.4. The van der Waals surface area contributed by atoms with Crippen LogP contribution in [0, 0.1) is 0 Å². The van der Waals surface area contributed by atoms with Gasteiger partial charge >= 0.3 is 0 Å². The lowest BCUT2D eigenvalue weighted by molar-refractivity contribution is 0.0752. The summed E-state index contributed by atoms with van der Waals surface area (Å²) in [5.74, 6) is 1.08. The molecule has 110 valence electrons. The molecule has 2 aromatic rings. The maximum Gasteiger partial charge on any atom is 0.254 e. The second-order valence-corrected chi connectivity index (χ2v) is 5.80. The average molecular weight is 299 g/mol. The van der Waals surface area contributed by atoms with Gasteiger partial charge in [-0.1, -0.05) is 42.5 Å². The van der Waals surface area contributed by atoms with Gasteiger partial charge in [-0.05, 0) is 36.4 Å². The molecule has 0 heterocycles. The Morgan fingerprint density at radius 1 is 1.00 bits per heavy atom. The van der Waals surface area contributed by atoms with Crippen LogP contribution in [0.4, 0.5) is 0 Å². The van der Waals surface area contributed by atoms with Crippen molar-refractivity contribution < 1.29 is 4.79 Å². The second kappa shape index (κ2) is 7.89. The molecule has 2 aromatic carbocycles. The first-order chi connectivity index (χ1) is 10.2. The molecule has 0 bridgehead atoms. The second-order valence-electron chi connectivity index (χ2n) is 4.93. The van der Waals surface area contributed by atoms with Crippen molar-refractivity contribution in [1.29, 1.82) is 0 Å². The highest BCUT2D eigenvalue weighted by Gasteiger charge is 2.14. The monoisotopic (exact) mass is 299 g/mol. The molecule has 0 atom stereocenters. The SMILES string of the molecule is CCN(Cc1ccccc1)C(=O)c1ccc(CSC)cc1. The van der Waals surface area contributed by atoms with Gasteiger partial charge in [-0.15, -0.1) is 0 Å². The van der Waals surface area contributed by atoms with Crippen LogP contribution in [0.2, 0.25) is 0 Å². The summed E-state index contributed by atoms with van der Waals surface area (Å²) in [7, 11) is 0. The zero-order chi connectivity index (χ0) is 15.1. The minimum Gasteiger partial charge on any atom is -0.335 e. The number of carbonyl (C=O) groups is 1. The summed E-state index contributed by atoms with van der Waals surface area (Å²) in [5.41, 5.74) is 3.18. The van der Waals surface area contributed by atoms with Crippen LogP contribution in [0.1, 0.15) is 28.4 Å². The Hall–Kier alpha value is -1.74. The highest BCUT2D eigenvalue weighted by molar-refractivity contribution is 7.97. The zero-order valence-corrected chi connectivity index (χ0v) is 13.4. The van der Waals surface area contributed by atoms with E-state index in [0.29, 0.717) is 13.1 Å². The largest absolute Gasteiger partial charge is 0.335 e. The van der Waals surface area contributed by atoms with Crippen LogP contribution in [0.3, 0.4) is 0 Å². The molecule has 0 aromatic heterocycles. The van der Waals surface area contributed by atoms with E-state index >= 15 is 0 Å². The summed E-state index contributed by atoms with van der Waals surface area (Å²) in [6.07, 6.45) is 2.08. The average Bonchev–Trinajstić information content (AvgIpc) is 2.54. The molecule has 0 aliphatic carbocycles. The standard InChI is InChI=1S/C18H21NOS/c1-3-19(13-15-7-5-4-6-8-15)18(20)17-11-9-16(10-12-17)14-21-2/h4-12H,3,13-14H2,1-2H3. The van der Waals surface area contributed by atoms with Crippen LogP contribution in [0.25, 0.3) is 0 Å². The van der Waals surface area contributed by atoms with Gasteiger partial charge in [0, 0.05) is 24.4 Å². The molecule has 0 fully saturated rings. The van der Waals surface area contributed by atoms with Crippen LogP contribution >= 0.6 is 11.8 Å². The molecule has 0 spiro atoms. The number of amides is 1. The van der Waals surface area contributed by atoms with Crippen molar-refractivity contribution in [2.24, 2.45) is 0 Å². The molecular formula is C18H21NOS. The van der Waals surface area contributed by atoms with E-state index in [0.717, 1.165) is 16.9 Å². The van der Waals surface area contributed by atoms with Gasteiger partial charge in [0.25, 0.3) is 5.91 Å². The van der Waals surface area contributed by atoms with E-state index in [1.807, 2.05) is 54.3 Å². The van der Waals surface area contributed by atoms with E-state index < -0.39 is 0 Å². The van der Waals surface area contributed by atoms with Gasteiger partial charge in [0.05, 0.1) is 0 Å². The molecule has 1 amide bonds. The number of hydrogen-bond acceptors (Lipinski definition) is 2. The molecule has 0 aliphatic rings. The van der Waals surface area contributed by atoms with Crippen LogP contribution in [0.15, 0.2) is 54.6 Å². The van der Waals surface area contributed by atoms with Crippen LogP contribution in [-0.2, 0) is 12.3 Å². The van der Waals surface area contributed by atoms with Crippen molar-refractivity contribution in [3.8, 4) is 0 Å². The van der Waals surface area contributed by atoms with Crippen molar-refractivity contribution in [1.82, 2.24) is 4.90 Å². The lowest BCUT2D eigenvalue weighted by Gasteiger charge is -2.21. The Balaban J connectivity index is 2.08. The molecule has 0 N–H and O–H groups in total. The van der Waals surface area contributed by atoms with Gasteiger partial charge in [-0.2, -0.15) is 11.8 Å². The van der Waals surface area contributed by atoms with E-state index in [9.17, 15) is 4.79 Å². The Morgan fingerprint density at radius 2 is 1.67 bits per heavy atom. The summed E-state index contributed by atoms with van der Waals surface area (Å²) in [6.45, 7) is 3.38. The summed E-state index contributed by atoms with van der Waals surface area (Å²) >= 11 is 1.79. The van der Waals surface area contributed by atoms with Crippen molar-refractivity contribution >= 4 is 17.7 Å². The zero-order valence-electron chi connectivity index (χ0n) is 12.6. The molecule has 0 aliphatic heterocycles. The predicted octanol–water partition coefficient (Wildman–Crippen LogP) is 4.21. The minimum absolute atomic E-state index is 0.0945. The van der Waals surface area contributed by atoms with Gasteiger partial charge in [0.1, 0.15) is 0 Å². The van der Waals surface area contributed by atoms with Crippen molar-refractivity contribution in [2.75, 3.05) is 12.8 Å². The van der Waals surface area contributed by atoms with Crippen molar-refractivity contribution in [2.45, 2.75) is 19.2 Å². The predicted molar refractivity (Wildman–Crippen MR) is 90.5 cm³/mol. The van der Waals surface area contributed by atoms with Crippen molar-refractivity contribution in [3.05, 3.63) is 71.3 Å². The Bertz CT molecular complexity index is 566. The molecule has 21 heavy (non-hydrogen) atoms. The van der Waals surface area contributed by atoms with E-state index in [2.05, 4.69) is 18.4 Å². The first-order valence-electron chi connectivity index (χ1n) is 7.15. The van der Waals surface area contributed by atoms with Gasteiger partial charge in [0.15, 0.2) is 0 Å². The molecule has 3 heteroatoms. The van der Waals surface area contributed by atoms with Gasteiger partial charge in [-0.3, -0.25) is 4.79 Å². The smallest absolute Gasteiger partial charge is 0.254 e. The molecule has 0 radical (unpaired) electrons. The highest BCUT2D eigenvalue weighted by Crippen LogP contribution is 2.13. The third-order valence-corrected chi connectivity index (χ3v) is 4.02. The van der Waals surface area contributed by atoms with E-state index in [-0.39, 0.29) is 5.91 Å². The van der Waals surface area contributed by atoms with E-state index in [1.54, 1.807) is 11.8 Å². The number of carbonyl (C=O) groups excluding carboxylic acids is 1. The maximum absolute atomic E-state index is 12.6. The Labute approximate surface area is 131 Å². The summed E-state index contributed by atoms with van der Waals surface area (Å²) in [4.78, 5) is 14.4. The third kappa shape index (κ3) is 4.36. The number of benzene rings is 2. The summed E-state index contributed by atoms with van der Waals surface area (Å²) in [5, 5.41) is 0. The van der Waals surface area contributed by atoms with E-state index in [4.69, 9.17) is 0 Å². The number of hydrogen-bond donors (Lipinski definition) is 0. The summed E-state index contributed by atoms with van der Waals surface area (Å²) < 4.78 is 0. The third-order valence-electron chi connectivity index (χ3n) is 3.40. The van der Waals surface area contributed by atoms with Crippen molar-refractivity contribution in [3.63, 3.8) is 0 Å². The topological polar surface area (TPSA) is 20.3 Å². The van der Waals surface area contributed by atoms with Gasteiger partial charge in [0.2, 0.25) is 0 Å². The Morgan fingerprint density at radius 3 is 2.24 bits per heavy atom. The highest BCUT2D eigenvalue weighted by atomic mass is 32.2. The Kier molecular flexibility index (Phi) is 5.88. The number of thioether (sulfide) groups is 1. The fourth-order valence-corrected chi connectivity index (χ4v) is 2.75. The van der Waals surface area contributed by atoms with Crippen LogP contribution in [-0.4, -0.2) is 23.6 Å². The molecular weight excluding hydrogens is 278 g/mol.